The van der Waals surface area contributed by atoms with Gasteiger partial charge in [0.05, 0.1) is 6.42 Å². The summed E-state index contributed by atoms with van der Waals surface area (Å²) >= 11 is 0. The largest absolute Gasteiger partial charge is 0.481 e. The van der Waals surface area contributed by atoms with Crippen molar-refractivity contribution in [1.29, 1.82) is 0 Å². The maximum Gasteiger partial charge on any atom is 0.303 e. The Labute approximate surface area is 83.7 Å². The SMILES string of the molecule is CC(F)C(CC(=O)O)C1CCNCC1. The van der Waals surface area contributed by atoms with Crippen LogP contribution in [-0.4, -0.2) is 30.3 Å². The molecule has 0 bridgehead atoms. The van der Waals surface area contributed by atoms with E-state index in [-0.39, 0.29) is 18.3 Å². The molecule has 1 saturated heterocycles. The van der Waals surface area contributed by atoms with Gasteiger partial charge >= 0.3 is 5.97 Å². The first-order chi connectivity index (χ1) is 6.61. The van der Waals surface area contributed by atoms with Gasteiger partial charge in [0.15, 0.2) is 0 Å². The van der Waals surface area contributed by atoms with E-state index in [4.69, 9.17) is 5.11 Å². The first-order valence-electron chi connectivity index (χ1n) is 5.18. The number of nitrogens with one attached hydrogen (secondary N) is 1. The summed E-state index contributed by atoms with van der Waals surface area (Å²) in [6.07, 6.45) is 0.731. The highest BCUT2D eigenvalue weighted by atomic mass is 19.1. The highest BCUT2D eigenvalue weighted by molar-refractivity contribution is 5.67. The smallest absolute Gasteiger partial charge is 0.303 e. The van der Waals surface area contributed by atoms with Crippen LogP contribution in [0.2, 0.25) is 0 Å². The fourth-order valence-corrected chi connectivity index (χ4v) is 2.18. The van der Waals surface area contributed by atoms with Gasteiger partial charge in [-0.05, 0) is 38.8 Å². The molecule has 2 atom stereocenters. The van der Waals surface area contributed by atoms with Crippen LogP contribution in [-0.2, 0) is 4.79 Å². The Hall–Kier alpha value is -0.640. The normalized spacial score (nSPS) is 23.0. The van der Waals surface area contributed by atoms with Gasteiger partial charge in [0.1, 0.15) is 6.17 Å². The lowest BCUT2D eigenvalue weighted by Crippen LogP contribution is -2.35. The Morgan fingerprint density at radius 3 is 2.57 bits per heavy atom. The average molecular weight is 203 g/mol. The van der Waals surface area contributed by atoms with Crippen molar-refractivity contribution in [2.24, 2.45) is 11.8 Å². The van der Waals surface area contributed by atoms with Crippen molar-refractivity contribution in [3.8, 4) is 0 Å². The zero-order valence-corrected chi connectivity index (χ0v) is 8.50. The Morgan fingerprint density at radius 2 is 2.14 bits per heavy atom. The molecule has 4 heteroatoms. The van der Waals surface area contributed by atoms with Crippen LogP contribution in [0.15, 0.2) is 0 Å². The average Bonchev–Trinajstić information content (AvgIpc) is 2.15. The van der Waals surface area contributed by atoms with E-state index in [0.717, 1.165) is 25.9 Å². The Kier molecular flexibility index (Phi) is 4.32. The maximum absolute atomic E-state index is 13.2. The summed E-state index contributed by atoms with van der Waals surface area (Å²) in [6, 6.07) is 0. The molecule has 0 amide bonds. The predicted octanol–water partition coefficient (Wildman–Crippen LogP) is 1.43. The third-order valence-electron chi connectivity index (χ3n) is 2.99. The lowest BCUT2D eigenvalue weighted by Gasteiger charge is -2.30. The molecule has 1 aliphatic rings. The number of rotatable bonds is 4. The lowest BCUT2D eigenvalue weighted by molar-refractivity contribution is -0.139. The summed E-state index contributed by atoms with van der Waals surface area (Å²) in [5.41, 5.74) is 0. The molecule has 0 spiro atoms. The van der Waals surface area contributed by atoms with Crippen molar-refractivity contribution in [3.05, 3.63) is 0 Å². The molecule has 0 aromatic heterocycles. The van der Waals surface area contributed by atoms with Crippen LogP contribution in [0.3, 0.4) is 0 Å². The Morgan fingerprint density at radius 1 is 1.57 bits per heavy atom. The minimum Gasteiger partial charge on any atom is -0.481 e. The van der Waals surface area contributed by atoms with E-state index < -0.39 is 12.1 Å². The molecule has 2 N–H and O–H groups in total. The number of aliphatic carboxylic acids is 1. The minimum absolute atomic E-state index is 0.0394. The van der Waals surface area contributed by atoms with Crippen LogP contribution in [0, 0.1) is 11.8 Å². The number of carboxylic acid groups (broad SMARTS) is 1. The van der Waals surface area contributed by atoms with Crippen molar-refractivity contribution in [2.75, 3.05) is 13.1 Å². The molecule has 1 rings (SSSR count). The van der Waals surface area contributed by atoms with E-state index >= 15 is 0 Å². The molecule has 82 valence electrons. The second-order valence-electron chi connectivity index (χ2n) is 4.03. The first kappa shape index (κ1) is 11.4. The highest BCUT2D eigenvalue weighted by Gasteiger charge is 2.29. The van der Waals surface area contributed by atoms with Crippen LogP contribution >= 0.6 is 0 Å². The molecule has 0 aromatic carbocycles. The third-order valence-corrected chi connectivity index (χ3v) is 2.99. The molecular weight excluding hydrogens is 185 g/mol. The zero-order chi connectivity index (χ0) is 10.6. The number of halogens is 1. The highest BCUT2D eigenvalue weighted by Crippen LogP contribution is 2.29. The summed E-state index contributed by atoms with van der Waals surface area (Å²) in [6.45, 7) is 3.23. The van der Waals surface area contributed by atoms with Gasteiger partial charge in [0, 0.05) is 5.92 Å². The zero-order valence-electron chi connectivity index (χ0n) is 8.50. The summed E-state index contributed by atoms with van der Waals surface area (Å²) in [7, 11) is 0. The van der Waals surface area contributed by atoms with Gasteiger partial charge in [-0.2, -0.15) is 0 Å². The second-order valence-corrected chi connectivity index (χ2v) is 4.03. The molecular formula is C10H18FNO2. The van der Waals surface area contributed by atoms with Gasteiger partial charge in [0.2, 0.25) is 0 Å². The maximum atomic E-state index is 13.2. The Balaban J connectivity index is 2.51. The molecule has 14 heavy (non-hydrogen) atoms. The van der Waals surface area contributed by atoms with Crippen LogP contribution in [0.1, 0.15) is 26.2 Å². The molecule has 0 radical (unpaired) electrons. The van der Waals surface area contributed by atoms with E-state index in [1.807, 2.05) is 0 Å². The van der Waals surface area contributed by atoms with Crippen molar-refractivity contribution < 1.29 is 14.3 Å². The molecule has 0 saturated carbocycles. The lowest BCUT2D eigenvalue weighted by atomic mass is 9.80. The number of alkyl halides is 1. The molecule has 2 unspecified atom stereocenters. The van der Waals surface area contributed by atoms with E-state index in [1.54, 1.807) is 0 Å². The minimum atomic E-state index is -1.02. The molecule has 1 aliphatic heterocycles. The standard InChI is InChI=1S/C10H18FNO2/c1-7(11)9(6-10(13)14)8-2-4-12-5-3-8/h7-9,12H,2-6H2,1H3,(H,13,14). The van der Waals surface area contributed by atoms with Gasteiger partial charge in [-0.25, -0.2) is 4.39 Å². The molecule has 1 heterocycles. The van der Waals surface area contributed by atoms with Gasteiger partial charge in [-0.3, -0.25) is 4.79 Å². The fourth-order valence-electron chi connectivity index (χ4n) is 2.18. The quantitative estimate of drug-likeness (QED) is 0.726. The molecule has 3 nitrogen and oxygen atoms in total. The van der Waals surface area contributed by atoms with Crippen molar-refractivity contribution in [1.82, 2.24) is 5.32 Å². The molecule has 0 aromatic rings. The Bertz CT molecular complexity index is 191. The van der Waals surface area contributed by atoms with Crippen LogP contribution in [0.25, 0.3) is 0 Å². The summed E-state index contributed by atoms with van der Waals surface area (Å²) in [4.78, 5) is 10.6. The summed E-state index contributed by atoms with van der Waals surface area (Å²) in [5, 5.41) is 11.9. The van der Waals surface area contributed by atoms with Gasteiger partial charge in [-0.1, -0.05) is 0 Å². The van der Waals surface area contributed by atoms with E-state index in [0.29, 0.717) is 0 Å². The fraction of sp³-hybridized carbons (Fsp3) is 0.900. The third kappa shape index (κ3) is 3.25. The van der Waals surface area contributed by atoms with E-state index in [1.165, 1.54) is 6.92 Å². The van der Waals surface area contributed by atoms with Crippen LogP contribution in [0.5, 0.6) is 0 Å². The molecule has 0 aliphatic carbocycles. The van der Waals surface area contributed by atoms with Crippen molar-refractivity contribution in [2.45, 2.75) is 32.4 Å². The number of hydrogen-bond donors (Lipinski definition) is 2. The summed E-state index contributed by atoms with van der Waals surface area (Å²) < 4.78 is 13.2. The van der Waals surface area contributed by atoms with Gasteiger partial charge in [-0.15, -0.1) is 0 Å². The van der Waals surface area contributed by atoms with Gasteiger partial charge < -0.3 is 10.4 Å². The number of carbonyl (C=O) groups is 1. The predicted molar refractivity (Wildman–Crippen MR) is 51.9 cm³/mol. The number of carboxylic acids is 1. The topological polar surface area (TPSA) is 49.3 Å². The second kappa shape index (κ2) is 5.29. The van der Waals surface area contributed by atoms with Crippen molar-refractivity contribution >= 4 is 5.97 Å². The molecule has 1 fully saturated rings. The van der Waals surface area contributed by atoms with Crippen LogP contribution < -0.4 is 5.32 Å². The monoisotopic (exact) mass is 203 g/mol. The van der Waals surface area contributed by atoms with Crippen LogP contribution in [0.4, 0.5) is 4.39 Å². The van der Waals surface area contributed by atoms with E-state index in [9.17, 15) is 9.18 Å². The number of piperidine rings is 1. The van der Waals surface area contributed by atoms with Gasteiger partial charge in [0.25, 0.3) is 0 Å². The summed E-state index contributed by atoms with van der Waals surface area (Å²) in [5.74, 6) is -0.972. The van der Waals surface area contributed by atoms with E-state index in [2.05, 4.69) is 5.32 Å². The number of hydrogen-bond acceptors (Lipinski definition) is 2. The van der Waals surface area contributed by atoms with Crippen molar-refractivity contribution in [3.63, 3.8) is 0 Å². The first-order valence-corrected chi connectivity index (χ1v) is 5.18.